The molecule has 0 saturated heterocycles. The average molecular weight is 275 g/mol. The van der Waals surface area contributed by atoms with E-state index < -0.39 is 5.97 Å². The Bertz CT molecular complexity index is 666. The van der Waals surface area contributed by atoms with Gasteiger partial charge in [0.1, 0.15) is 0 Å². The Morgan fingerprint density at radius 3 is 3.00 bits per heavy atom. The SMILES string of the molecule is Cn1nc(CCC(=O)O)nc1-c1ccc2c(c1)OCO2. The molecule has 0 fully saturated rings. The van der Waals surface area contributed by atoms with Crippen LogP contribution in [0.4, 0.5) is 0 Å². The van der Waals surface area contributed by atoms with Gasteiger partial charge in [-0.1, -0.05) is 0 Å². The second-order valence-corrected chi connectivity index (χ2v) is 4.44. The van der Waals surface area contributed by atoms with Crippen LogP contribution in [0.15, 0.2) is 18.2 Å². The van der Waals surface area contributed by atoms with Crippen molar-refractivity contribution >= 4 is 5.97 Å². The summed E-state index contributed by atoms with van der Waals surface area (Å²) >= 11 is 0. The maximum atomic E-state index is 10.6. The van der Waals surface area contributed by atoms with E-state index in [0.717, 1.165) is 5.56 Å². The first-order chi connectivity index (χ1) is 9.63. The molecule has 0 spiro atoms. The van der Waals surface area contributed by atoms with Crippen LogP contribution in [-0.4, -0.2) is 32.6 Å². The number of benzene rings is 1. The summed E-state index contributed by atoms with van der Waals surface area (Å²) in [6, 6.07) is 5.54. The number of aryl methyl sites for hydroxylation is 2. The Morgan fingerprint density at radius 1 is 1.40 bits per heavy atom. The van der Waals surface area contributed by atoms with Gasteiger partial charge in [0.15, 0.2) is 23.1 Å². The molecule has 7 heteroatoms. The van der Waals surface area contributed by atoms with Gasteiger partial charge in [0.25, 0.3) is 0 Å². The highest BCUT2D eigenvalue weighted by molar-refractivity contribution is 5.67. The minimum absolute atomic E-state index is 0.0184. The van der Waals surface area contributed by atoms with Gasteiger partial charge < -0.3 is 14.6 Å². The lowest BCUT2D eigenvalue weighted by molar-refractivity contribution is -0.137. The number of nitrogens with zero attached hydrogens (tertiary/aromatic N) is 3. The second-order valence-electron chi connectivity index (χ2n) is 4.44. The van der Waals surface area contributed by atoms with E-state index in [1.54, 1.807) is 11.7 Å². The van der Waals surface area contributed by atoms with Crippen molar-refractivity contribution in [2.45, 2.75) is 12.8 Å². The van der Waals surface area contributed by atoms with E-state index in [9.17, 15) is 4.79 Å². The van der Waals surface area contributed by atoms with E-state index in [-0.39, 0.29) is 13.2 Å². The molecule has 0 unspecified atom stereocenters. The van der Waals surface area contributed by atoms with Crippen LogP contribution in [0.25, 0.3) is 11.4 Å². The van der Waals surface area contributed by atoms with Crippen LogP contribution < -0.4 is 9.47 Å². The van der Waals surface area contributed by atoms with Gasteiger partial charge in [0.2, 0.25) is 6.79 Å². The zero-order valence-corrected chi connectivity index (χ0v) is 10.9. The van der Waals surface area contributed by atoms with Crippen molar-refractivity contribution in [3.63, 3.8) is 0 Å². The molecular weight excluding hydrogens is 262 g/mol. The molecule has 1 aliphatic heterocycles. The zero-order chi connectivity index (χ0) is 14.1. The number of hydrogen-bond donors (Lipinski definition) is 1. The molecule has 1 aromatic heterocycles. The third-order valence-electron chi connectivity index (χ3n) is 3.00. The van der Waals surface area contributed by atoms with Crippen LogP contribution in [0.3, 0.4) is 0 Å². The first-order valence-electron chi connectivity index (χ1n) is 6.15. The van der Waals surface area contributed by atoms with Gasteiger partial charge in [-0.05, 0) is 18.2 Å². The van der Waals surface area contributed by atoms with E-state index in [1.165, 1.54) is 0 Å². The fourth-order valence-electron chi connectivity index (χ4n) is 2.05. The Balaban J connectivity index is 1.88. The Kier molecular flexibility index (Phi) is 3.02. The largest absolute Gasteiger partial charge is 0.481 e. The normalized spacial score (nSPS) is 12.7. The van der Waals surface area contributed by atoms with Crippen molar-refractivity contribution in [2.24, 2.45) is 7.05 Å². The summed E-state index contributed by atoms with van der Waals surface area (Å²) in [5.41, 5.74) is 0.853. The first kappa shape index (κ1) is 12.5. The summed E-state index contributed by atoms with van der Waals surface area (Å²) in [6.45, 7) is 0.224. The number of ether oxygens (including phenoxy) is 2. The predicted molar refractivity (Wildman–Crippen MR) is 68.5 cm³/mol. The van der Waals surface area contributed by atoms with E-state index in [4.69, 9.17) is 14.6 Å². The Morgan fingerprint density at radius 2 is 2.20 bits per heavy atom. The molecule has 7 nitrogen and oxygen atoms in total. The molecule has 20 heavy (non-hydrogen) atoms. The van der Waals surface area contributed by atoms with Crippen molar-refractivity contribution in [3.8, 4) is 22.9 Å². The molecule has 1 aliphatic rings. The molecule has 0 radical (unpaired) electrons. The molecule has 3 rings (SSSR count). The van der Waals surface area contributed by atoms with Crippen LogP contribution in [0.5, 0.6) is 11.5 Å². The summed E-state index contributed by atoms with van der Waals surface area (Å²) in [5.74, 6) is 1.72. The number of hydrogen-bond acceptors (Lipinski definition) is 5. The highest BCUT2D eigenvalue weighted by Gasteiger charge is 2.17. The molecule has 0 saturated carbocycles. The third kappa shape index (κ3) is 2.29. The molecule has 2 aromatic rings. The molecule has 2 heterocycles. The Hall–Kier alpha value is -2.57. The summed E-state index contributed by atoms with van der Waals surface area (Å²) in [7, 11) is 1.77. The van der Waals surface area contributed by atoms with Crippen LogP contribution >= 0.6 is 0 Å². The van der Waals surface area contributed by atoms with Crippen LogP contribution in [0.1, 0.15) is 12.2 Å². The maximum absolute atomic E-state index is 10.6. The fourth-order valence-corrected chi connectivity index (χ4v) is 2.05. The average Bonchev–Trinajstić information content (AvgIpc) is 3.01. The summed E-state index contributed by atoms with van der Waals surface area (Å²) in [6.07, 6.45) is 0.332. The minimum Gasteiger partial charge on any atom is -0.481 e. The zero-order valence-electron chi connectivity index (χ0n) is 10.9. The monoisotopic (exact) mass is 275 g/mol. The molecule has 0 bridgehead atoms. The highest BCUT2D eigenvalue weighted by Crippen LogP contribution is 2.35. The summed E-state index contributed by atoms with van der Waals surface area (Å²) < 4.78 is 12.2. The smallest absolute Gasteiger partial charge is 0.303 e. The molecule has 0 aliphatic carbocycles. The van der Waals surface area contributed by atoms with E-state index in [1.807, 2.05) is 18.2 Å². The molecule has 1 N–H and O–H groups in total. The number of fused-ring (bicyclic) bond motifs is 1. The number of carbonyl (C=O) groups is 1. The number of carboxylic acids is 1. The predicted octanol–water partition coefficient (Wildman–Crippen LogP) is 1.23. The number of aliphatic carboxylic acids is 1. The topological polar surface area (TPSA) is 86.5 Å². The van der Waals surface area contributed by atoms with Crippen molar-refractivity contribution in [2.75, 3.05) is 6.79 Å². The lowest BCUT2D eigenvalue weighted by atomic mass is 10.2. The van der Waals surface area contributed by atoms with Gasteiger partial charge in [-0.15, -0.1) is 0 Å². The maximum Gasteiger partial charge on any atom is 0.303 e. The van der Waals surface area contributed by atoms with Gasteiger partial charge in [-0.3, -0.25) is 4.79 Å². The van der Waals surface area contributed by atoms with Gasteiger partial charge >= 0.3 is 5.97 Å². The summed E-state index contributed by atoms with van der Waals surface area (Å²) in [5, 5.41) is 12.9. The van der Waals surface area contributed by atoms with Crippen LogP contribution in [0.2, 0.25) is 0 Å². The van der Waals surface area contributed by atoms with Crippen molar-refractivity contribution in [1.82, 2.24) is 14.8 Å². The van der Waals surface area contributed by atoms with Crippen molar-refractivity contribution in [3.05, 3.63) is 24.0 Å². The number of rotatable bonds is 4. The van der Waals surface area contributed by atoms with Crippen LogP contribution in [-0.2, 0) is 18.3 Å². The molecule has 1 aromatic carbocycles. The van der Waals surface area contributed by atoms with E-state index in [2.05, 4.69) is 10.1 Å². The lowest BCUT2D eigenvalue weighted by Crippen LogP contribution is -1.99. The van der Waals surface area contributed by atoms with Crippen LogP contribution in [0, 0.1) is 0 Å². The molecule has 0 amide bonds. The standard InChI is InChI=1S/C13H13N3O4/c1-16-13(14-11(15-16)4-5-12(17)18)8-2-3-9-10(6-8)20-7-19-9/h2-3,6H,4-5,7H2,1H3,(H,17,18). The number of aromatic nitrogens is 3. The quantitative estimate of drug-likeness (QED) is 0.903. The van der Waals surface area contributed by atoms with Gasteiger partial charge in [0, 0.05) is 19.0 Å². The fraction of sp³-hybridized carbons (Fsp3) is 0.308. The van der Waals surface area contributed by atoms with Crippen molar-refractivity contribution in [1.29, 1.82) is 0 Å². The molecule has 0 atom stereocenters. The van der Waals surface area contributed by atoms with Gasteiger partial charge in [-0.2, -0.15) is 5.10 Å². The third-order valence-corrected chi connectivity index (χ3v) is 3.00. The number of carboxylic acid groups (broad SMARTS) is 1. The Labute approximate surface area is 114 Å². The highest BCUT2D eigenvalue weighted by atomic mass is 16.7. The van der Waals surface area contributed by atoms with Gasteiger partial charge in [-0.25, -0.2) is 9.67 Å². The minimum atomic E-state index is -0.859. The van der Waals surface area contributed by atoms with Crippen molar-refractivity contribution < 1.29 is 19.4 Å². The lowest BCUT2D eigenvalue weighted by Gasteiger charge is -2.01. The molecular formula is C13H13N3O4. The van der Waals surface area contributed by atoms with E-state index in [0.29, 0.717) is 29.6 Å². The molecule has 104 valence electrons. The van der Waals surface area contributed by atoms with E-state index >= 15 is 0 Å². The summed E-state index contributed by atoms with van der Waals surface area (Å²) in [4.78, 5) is 14.9. The second kappa shape index (κ2) is 4.84. The first-order valence-corrected chi connectivity index (χ1v) is 6.15. The van der Waals surface area contributed by atoms with Gasteiger partial charge in [0.05, 0.1) is 6.42 Å².